The van der Waals surface area contributed by atoms with Crippen molar-refractivity contribution in [3.8, 4) is 61.6 Å². The van der Waals surface area contributed by atoms with Gasteiger partial charge in [0.05, 0.1) is 11.0 Å². The number of aromatic nitrogens is 2. The summed E-state index contributed by atoms with van der Waals surface area (Å²) in [6.07, 6.45) is 0. The largest absolute Gasteiger partial charge is 0.292 e. The Balaban J connectivity index is 1.10. The summed E-state index contributed by atoms with van der Waals surface area (Å²) in [6, 6.07) is 72.1. The summed E-state index contributed by atoms with van der Waals surface area (Å²) in [5.41, 5.74) is 15.2. The number of rotatable bonds is 6. The average molecular weight is 689 g/mol. The van der Waals surface area contributed by atoms with Crippen LogP contribution in [-0.2, 0) is 0 Å². The zero-order chi connectivity index (χ0) is 36.0. The SMILES string of the molecule is Cc1cc2c(cc1-c1ccc(-c3ccc4c(-c5ccccc5)c5ccccc5c(-c5ccccc5)c4c3)cc1)nc(-c1ccccc1)n2-c1ccccc1. The molecule has 54 heavy (non-hydrogen) atoms. The number of hydrogen-bond acceptors (Lipinski definition) is 1. The van der Waals surface area contributed by atoms with E-state index in [0.29, 0.717) is 0 Å². The molecular formula is C52H36N2. The summed E-state index contributed by atoms with van der Waals surface area (Å²) in [6.45, 7) is 2.20. The molecule has 0 aliphatic carbocycles. The van der Waals surface area contributed by atoms with Crippen LogP contribution in [-0.4, -0.2) is 9.55 Å². The number of fused-ring (bicyclic) bond motifs is 3. The summed E-state index contributed by atoms with van der Waals surface area (Å²) >= 11 is 0. The molecule has 0 spiro atoms. The zero-order valence-electron chi connectivity index (χ0n) is 29.9. The van der Waals surface area contributed by atoms with Crippen LogP contribution >= 0.6 is 0 Å². The third kappa shape index (κ3) is 5.39. The number of para-hydroxylation sites is 1. The highest BCUT2D eigenvalue weighted by Crippen LogP contribution is 2.45. The number of benzene rings is 9. The lowest BCUT2D eigenvalue weighted by Crippen LogP contribution is -1.97. The smallest absolute Gasteiger partial charge is 0.145 e. The first kappa shape index (κ1) is 31.7. The molecule has 0 aliphatic rings. The van der Waals surface area contributed by atoms with Crippen LogP contribution in [0, 0.1) is 6.92 Å². The molecule has 0 saturated carbocycles. The second-order valence-electron chi connectivity index (χ2n) is 14.0. The van der Waals surface area contributed by atoms with E-state index in [1.807, 2.05) is 0 Å². The van der Waals surface area contributed by atoms with Gasteiger partial charge in [-0.15, -0.1) is 0 Å². The second kappa shape index (κ2) is 13.2. The van der Waals surface area contributed by atoms with E-state index in [0.717, 1.165) is 28.1 Å². The number of aryl methyl sites for hydroxylation is 1. The van der Waals surface area contributed by atoms with Crippen molar-refractivity contribution in [2.75, 3.05) is 0 Å². The first-order valence-corrected chi connectivity index (χ1v) is 18.6. The number of nitrogens with zero attached hydrogens (tertiary/aromatic N) is 2. The Morgan fingerprint density at radius 3 is 1.46 bits per heavy atom. The highest BCUT2D eigenvalue weighted by molar-refractivity contribution is 6.22. The van der Waals surface area contributed by atoms with Crippen LogP contribution in [0.2, 0.25) is 0 Å². The van der Waals surface area contributed by atoms with Crippen molar-refractivity contribution in [3.05, 3.63) is 206 Å². The molecule has 0 N–H and O–H groups in total. The predicted molar refractivity (Wildman–Crippen MR) is 228 cm³/mol. The maximum atomic E-state index is 5.23. The van der Waals surface area contributed by atoms with Gasteiger partial charge < -0.3 is 0 Å². The molecule has 2 heteroatoms. The van der Waals surface area contributed by atoms with Crippen LogP contribution in [0.15, 0.2) is 200 Å². The molecule has 2 nitrogen and oxygen atoms in total. The Labute approximate surface area is 315 Å². The van der Waals surface area contributed by atoms with Gasteiger partial charge in [-0.3, -0.25) is 4.57 Å². The molecule has 254 valence electrons. The van der Waals surface area contributed by atoms with Crippen molar-refractivity contribution in [2.45, 2.75) is 6.92 Å². The highest BCUT2D eigenvalue weighted by atomic mass is 15.1. The first-order chi connectivity index (χ1) is 26.7. The fourth-order valence-electron chi connectivity index (χ4n) is 8.19. The van der Waals surface area contributed by atoms with Crippen LogP contribution in [0.5, 0.6) is 0 Å². The van der Waals surface area contributed by atoms with Crippen molar-refractivity contribution >= 4 is 32.6 Å². The van der Waals surface area contributed by atoms with Gasteiger partial charge in [-0.1, -0.05) is 170 Å². The van der Waals surface area contributed by atoms with E-state index in [1.54, 1.807) is 0 Å². The molecule has 0 aliphatic heterocycles. The molecule has 0 radical (unpaired) electrons. The minimum absolute atomic E-state index is 0.943. The lowest BCUT2D eigenvalue weighted by molar-refractivity contribution is 1.10. The normalized spacial score (nSPS) is 11.4. The van der Waals surface area contributed by atoms with Crippen molar-refractivity contribution < 1.29 is 0 Å². The van der Waals surface area contributed by atoms with E-state index < -0.39 is 0 Å². The minimum atomic E-state index is 0.943. The van der Waals surface area contributed by atoms with Crippen LogP contribution < -0.4 is 0 Å². The number of hydrogen-bond donors (Lipinski definition) is 0. The van der Waals surface area contributed by atoms with E-state index in [1.165, 1.54) is 71.6 Å². The van der Waals surface area contributed by atoms with Gasteiger partial charge in [0, 0.05) is 11.3 Å². The highest BCUT2D eigenvalue weighted by Gasteiger charge is 2.19. The first-order valence-electron chi connectivity index (χ1n) is 18.6. The van der Waals surface area contributed by atoms with Crippen LogP contribution in [0.1, 0.15) is 5.56 Å². The fraction of sp³-hybridized carbons (Fsp3) is 0.0192. The average Bonchev–Trinajstić information content (AvgIpc) is 3.62. The molecule has 0 fully saturated rings. The third-order valence-electron chi connectivity index (χ3n) is 10.7. The standard InChI is InChI=1S/C52H36N2/c1-35-32-49-48(53-52(40-20-10-4-11-21-40)54(49)42-22-12-5-13-23-42)34-46(35)37-28-26-36(27-29-37)41-30-31-45-47(33-41)51(39-18-8-3-9-19-39)44-25-15-14-24-43(44)50(45)38-16-6-2-7-17-38/h2-34H,1H3. The van der Waals surface area contributed by atoms with Crippen LogP contribution in [0.25, 0.3) is 94.2 Å². The maximum Gasteiger partial charge on any atom is 0.145 e. The van der Waals surface area contributed by atoms with E-state index in [4.69, 9.17) is 4.98 Å². The van der Waals surface area contributed by atoms with Gasteiger partial charge in [-0.25, -0.2) is 4.98 Å². The topological polar surface area (TPSA) is 17.8 Å². The molecule has 10 rings (SSSR count). The molecule has 0 unspecified atom stereocenters. The Kier molecular flexibility index (Phi) is 7.74. The summed E-state index contributed by atoms with van der Waals surface area (Å²) in [5.74, 6) is 0.943. The van der Waals surface area contributed by atoms with Gasteiger partial charge in [0.2, 0.25) is 0 Å². The molecule has 0 atom stereocenters. The van der Waals surface area contributed by atoms with Gasteiger partial charge in [0.25, 0.3) is 0 Å². The molecule has 9 aromatic carbocycles. The Morgan fingerprint density at radius 1 is 0.370 bits per heavy atom. The quantitative estimate of drug-likeness (QED) is 0.159. The van der Waals surface area contributed by atoms with Gasteiger partial charge in [-0.05, 0) is 109 Å². The van der Waals surface area contributed by atoms with E-state index >= 15 is 0 Å². The predicted octanol–water partition coefficient (Wildman–Crippen LogP) is 14.0. The summed E-state index contributed by atoms with van der Waals surface area (Å²) < 4.78 is 2.28. The maximum absolute atomic E-state index is 5.23. The molecule has 0 bridgehead atoms. The molecule has 10 aromatic rings. The minimum Gasteiger partial charge on any atom is -0.292 e. The van der Waals surface area contributed by atoms with E-state index in [9.17, 15) is 0 Å². The second-order valence-corrected chi connectivity index (χ2v) is 14.0. The van der Waals surface area contributed by atoms with Gasteiger partial charge in [0.1, 0.15) is 5.82 Å². The van der Waals surface area contributed by atoms with Crippen molar-refractivity contribution in [1.29, 1.82) is 0 Å². The van der Waals surface area contributed by atoms with E-state index in [2.05, 4.69) is 212 Å². The van der Waals surface area contributed by atoms with Crippen LogP contribution in [0.3, 0.4) is 0 Å². The van der Waals surface area contributed by atoms with Gasteiger partial charge >= 0.3 is 0 Å². The van der Waals surface area contributed by atoms with E-state index in [-0.39, 0.29) is 0 Å². The van der Waals surface area contributed by atoms with Crippen molar-refractivity contribution in [1.82, 2.24) is 9.55 Å². The summed E-state index contributed by atoms with van der Waals surface area (Å²) in [5, 5.41) is 5.04. The lowest BCUT2D eigenvalue weighted by Gasteiger charge is -2.18. The van der Waals surface area contributed by atoms with Crippen LogP contribution in [0.4, 0.5) is 0 Å². The fourth-order valence-corrected chi connectivity index (χ4v) is 8.19. The summed E-state index contributed by atoms with van der Waals surface area (Å²) in [4.78, 5) is 5.23. The van der Waals surface area contributed by atoms with Crippen molar-refractivity contribution in [3.63, 3.8) is 0 Å². The van der Waals surface area contributed by atoms with Gasteiger partial charge in [-0.2, -0.15) is 0 Å². The number of imidazole rings is 1. The lowest BCUT2D eigenvalue weighted by atomic mass is 9.85. The molecular weight excluding hydrogens is 653 g/mol. The Bertz CT molecular complexity index is 2950. The zero-order valence-corrected chi connectivity index (χ0v) is 29.9. The summed E-state index contributed by atoms with van der Waals surface area (Å²) in [7, 11) is 0. The molecule has 1 heterocycles. The molecule has 0 amide bonds. The molecule has 0 saturated heterocycles. The molecule has 1 aromatic heterocycles. The monoisotopic (exact) mass is 688 g/mol. The third-order valence-corrected chi connectivity index (χ3v) is 10.7. The van der Waals surface area contributed by atoms with Crippen molar-refractivity contribution in [2.24, 2.45) is 0 Å². The van der Waals surface area contributed by atoms with Gasteiger partial charge in [0.15, 0.2) is 0 Å². The Hall–Kier alpha value is -7.03. The Morgan fingerprint density at radius 2 is 0.852 bits per heavy atom.